The van der Waals surface area contributed by atoms with Crippen molar-refractivity contribution in [1.29, 1.82) is 0 Å². The number of thiophene rings is 1. The third-order valence-corrected chi connectivity index (χ3v) is 7.02. The number of carbonyl (C=O) groups is 1. The van der Waals surface area contributed by atoms with Crippen LogP contribution in [-0.4, -0.2) is 27.3 Å². The molecule has 1 aromatic carbocycles. The monoisotopic (exact) mass is 427 g/mol. The average molecular weight is 428 g/mol. The number of anilines is 1. The number of benzene rings is 1. The molecule has 0 aliphatic heterocycles. The maximum atomic E-state index is 13.1. The van der Waals surface area contributed by atoms with E-state index in [2.05, 4.69) is 6.58 Å². The molecule has 2 heterocycles. The van der Waals surface area contributed by atoms with Crippen molar-refractivity contribution in [2.45, 2.75) is 44.6 Å². The summed E-state index contributed by atoms with van der Waals surface area (Å²) in [5, 5.41) is 0.823. The number of carbonyl (C=O) groups excluding carboxylic acids is 1. The minimum absolute atomic E-state index is 0.0123. The highest BCUT2D eigenvalue weighted by molar-refractivity contribution is 8.00. The molecule has 3 rings (SSSR count). The van der Waals surface area contributed by atoms with Gasteiger partial charge in [-0.1, -0.05) is 36.0 Å². The third kappa shape index (κ3) is 4.16. The van der Waals surface area contributed by atoms with Crippen LogP contribution in [0.4, 0.5) is 5.69 Å². The van der Waals surface area contributed by atoms with Crippen molar-refractivity contribution in [2.24, 2.45) is 0 Å². The molecule has 0 aliphatic rings. The number of amides is 1. The van der Waals surface area contributed by atoms with E-state index in [0.29, 0.717) is 23.6 Å². The molecule has 2 aromatic heterocycles. The molecule has 0 N–H and O–H groups in total. The maximum absolute atomic E-state index is 13.1. The fraction of sp³-hybridized carbons (Fsp3) is 0.318. The van der Waals surface area contributed by atoms with Crippen molar-refractivity contribution in [3.8, 4) is 0 Å². The lowest BCUT2D eigenvalue weighted by atomic mass is 10.2. The maximum Gasteiger partial charge on any atom is 0.263 e. The van der Waals surface area contributed by atoms with Crippen LogP contribution in [-0.2, 0) is 11.3 Å². The molecule has 0 bridgehead atoms. The van der Waals surface area contributed by atoms with E-state index in [9.17, 15) is 9.59 Å². The van der Waals surface area contributed by atoms with Gasteiger partial charge in [0.25, 0.3) is 5.56 Å². The van der Waals surface area contributed by atoms with Gasteiger partial charge in [0, 0.05) is 23.7 Å². The number of fused-ring (bicyclic) bond motifs is 1. The Kier molecular flexibility index (Phi) is 6.59. The molecule has 29 heavy (non-hydrogen) atoms. The smallest absolute Gasteiger partial charge is 0.263 e. The summed E-state index contributed by atoms with van der Waals surface area (Å²) in [7, 11) is 0. The quantitative estimate of drug-likeness (QED) is 0.309. The number of aromatic nitrogens is 2. The van der Waals surface area contributed by atoms with Gasteiger partial charge in [-0.25, -0.2) is 4.98 Å². The SMILES string of the molecule is C=CCn1c(S[C@H](C)C(=O)N(CC)c2ccccc2)nc2sc(C)c(C)c2c1=O. The van der Waals surface area contributed by atoms with Gasteiger partial charge >= 0.3 is 0 Å². The highest BCUT2D eigenvalue weighted by atomic mass is 32.2. The lowest BCUT2D eigenvalue weighted by molar-refractivity contribution is -0.117. The van der Waals surface area contributed by atoms with Gasteiger partial charge in [0.2, 0.25) is 5.91 Å². The Balaban J connectivity index is 1.98. The van der Waals surface area contributed by atoms with Crippen LogP contribution in [0.1, 0.15) is 24.3 Å². The van der Waals surface area contributed by atoms with E-state index in [4.69, 9.17) is 4.98 Å². The van der Waals surface area contributed by atoms with Crippen molar-refractivity contribution < 1.29 is 4.79 Å². The third-order valence-electron chi connectivity index (χ3n) is 4.85. The van der Waals surface area contributed by atoms with Crippen molar-refractivity contribution in [2.75, 3.05) is 11.4 Å². The van der Waals surface area contributed by atoms with Crippen molar-refractivity contribution in [3.05, 3.63) is 63.8 Å². The van der Waals surface area contributed by atoms with Crippen LogP contribution in [0, 0.1) is 13.8 Å². The highest BCUT2D eigenvalue weighted by Crippen LogP contribution is 2.30. The van der Waals surface area contributed by atoms with Crippen LogP contribution in [0.3, 0.4) is 0 Å². The van der Waals surface area contributed by atoms with Crippen LogP contribution in [0.15, 0.2) is 52.9 Å². The zero-order valence-corrected chi connectivity index (χ0v) is 18.8. The van der Waals surface area contributed by atoms with Crippen molar-refractivity contribution in [1.82, 2.24) is 9.55 Å². The Labute approximate surface area is 179 Å². The summed E-state index contributed by atoms with van der Waals surface area (Å²) in [6, 6.07) is 9.61. The molecule has 1 amide bonds. The fourth-order valence-corrected chi connectivity index (χ4v) is 5.24. The minimum atomic E-state index is -0.391. The lowest BCUT2D eigenvalue weighted by Crippen LogP contribution is -2.37. The average Bonchev–Trinajstić information content (AvgIpc) is 3.00. The van der Waals surface area contributed by atoms with E-state index in [1.165, 1.54) is 23.1 Å². The largest absolute Gasteiger partial charge is 0.312 e. The summed E-state index contributed by atoms with van der Waals surface area (Å²) in [4.78, 5) is 34.5. The number of hydrogen-bond acceptors (Lipinski definition) is 5. The Hall–Kier alpha value is -2.38. The van der Waals surface area contributed by atoms with E-state index < -0.39 is 5.25 Å². The number of aryl methyl sites for hydroxylation is 2. The summed E-state index contributed by atoms with van der Waals surface area (Å²) in [5.41, 5.74) is 1.76. The highest BCUT2D eigenvalue weighted by Gasteiger charge is 2.25. The topological polar surface area (TPSA) is 55.2 Å². The van der Waals surface area contributed by atoms with E-state index in [1.54, 1.807) is 15.5 Å². The Morgan fingerprint density at radius 2 is 2.03 bits per heavy atom. The zero-order chi connectivity index (χ0) is 21.1. The number of allylic oxidation sites excluding steroid dienone is 1. The predicted octanol–water partition coefficient (Wildman–Crippen LogP) is 4.79. The fourth-order valence-electron chi connectivity index (χ4n) is 3.19. The summed E-state index contributed by atoms with van der Waals surface area (Å²) < 4.78 is 1.61. The zero-order valence-electron chi connectivity index (χ0n) is 17.1. The molecule has 152 valence electrons. The number of para-hydroxylation sites is 1. The number of thioether (sulfide) groups is 1. The second-order valence-electron chi connectivity index (χ2n) is 6.74. The van der Waals surface area contributed by atoms with Gasteiger partial charge in [-0.05, 0) is 45.4 Å². The second-order valence-corrected chi connectivity index (χ2v) is 9.25. The van der Waals surface area contributed by atoms with Crippen LogP contribution in [0.5, 0.6) is 0 Å². The Morgan fingerprint density at radius 3 is 2.66 bits per heavy atom. The van der Waals surface area contributed by atoms with Gasteiger partial charge < -0.3 is 4.90 Å². The summed E-state index contributed by atoms with van der Waals surface area (Å²) >= 11 is 2.84. The Morgan fingerprint density at radius 1 is 1.34 bits per heavy atom. The first kappa shape index (κ1) is 21.3. The standard InChI is InChI=1S/C22H25N3O2S2/c1-6-13-25-21(27)18-14(3)15(4)28-19(18)23-22(25)29-16(5)20(26)24(7-2)17-11-9-8-10-12-17/h6,8-12,16H,1,7,13H2,2-5H3/t16-/m1/s1. The normalized spacial score (nSPS) is 12.1. The van der Waals surface area contributed by atoms with Gasteiger partial charge in [-0.15, -0.1) is 17.9 Å². The first-order valence-electron chi connectivity index (χ1n) is 9.53. The van der Waals surface area contributed by atoms with Gasteiger partial charge in [0.05, 0.1) is 10.6 Å². The minimum Gasteiger partial charge on any atom is -0.312 e. The molecule has 0 saturated carbocycles. The number of hydrogen-bond donors (Lipinski definition) is 0. The van der Waals surface area contributed by atoms with E-state index in [-0.39, 0.29) is 11.5 Å². The molecule has 0 saturated heterocycles. The molecule has 0 fully saturated rings. The first-order chi connectivity index (χ1) is 13.9. The predicted molar refractivity (Wildman–Crippen MR) is 123 cm³/mol. The first-order valence-corrected chi connectivity index (χ1v) is 11.2. The lowest BCUT2D eigenvalue weighted by Gasteiger charge is -2.24. The number of rotatable bonds is 7. The number of nitrogens with zero attached hydrogens (tertiary/aromatic N) is 3. The van der Waals surface area contributed by atoms with Crippen molar-refractivity contribution >= 4 is 44.9 Å². The molecule has 0 spiro atoms. The van der Waals surface area contributed by atoms with Crippen LogP contribution >= 0.6 is 23.1 Å². The summed E-state index contributed by atoms with van der Waals surface area (Å²) in [5.74, 6) is -0.0123. The van der Waals surface area contributed by atoms with Gasteiger partial charge in [0.1, 0.15) is 4.83 Å². The van der Waals surface area contributed by atoms with E-state index >= 15 is 0 Å². The van der Waals surface area contributed by atoms with E-state index in [0.717, 1.165) is 21.0 Å². The van der Waals surface area contributed by atoms with Gasteiger partial charge in [-0.3, -0.25) is 14.2 Å². The summed E-state index contributed by atoms with van der Waals surface area (Å²) in [6.07, 6.45) is 1.68. The summed E-state index contributed by atoms with van der Waals surface area (Å²) in [6.45, 7) is 12.5. The van der Waals surface area contributed by atoms with Gasteiger partial charge in [-0.2, -0.15) is 0 Å². The molecule has 0 aliphatic carbocycles. The molecule has 5 nitrogen and oxygen atoms in total. The second kappa shape index (κ2) is 8.97. The molecular weight excluding hydrogens is 402 g/mol. The van der Waals surface area contributed by atoms with E-state index in [1.807, 2.05) is 58.0 Å². The molecule has 0 radical (unpaired) electrons. The molecule has 3 aromatic rings. The molecule has 0 unspecified atom stereocenters. The Bertz CT molecular complexity index is 1100. The van der Waals surface area contributed by atoms with Crippen molar-refractivity contribution in [3.63, 3.8) is 0 Å². The molecule has 7 heteroatoms. The molecular formula is C22H25N3O2S2. The van der Waals surface area contributed by atoms with Gasteiger partial charge in [0.15, 0.2) is 5.16 Å². The van der Waals surface area contributed by atoms with Crippen LogP contribution in [0.25, 0.3) is 10.2 Å². The van der Waals surface area contributed by atoms with Crippen LogP contribution in [0.2, 0.25) is 0 Å². The molecule has 1 atom stereocenters. The van der Waals surface area contributed by atoms with Crippen LogP contribution < -0.4 is 10.5 Å².